The zero-order valence-corrected chi connectivity index (χ0v) is 8.99. The molecule has 1 aliphatic heterocycles. The van der Waals surface area contributed by atoms with Crippen LogP contribution >= 0.6 is 0 Å². The largest absolute Gasteiger partial charge is 0.414 e. The minimum absolute atomic E-state index is 1.23. The average Bonchev–Trinajstić information content (AvgIpc) is 2.69. The molecule has 1 aliphatic rings. The van der Waals surface area contributed by atoms with Crippen molar-refractivity contribution < 1.29 is 4.43 Å². The highest BCUT2D eigenvalue weighted by atomic mass is 28.4. The van der Waals surface area contributed by atoms with Crippen molar-refractivity contribution >= 4 is 13.6 Å². The van der Waals surface area contributed by atoms with Gasteiger partial charge in [0.25, 0.3) is 0 Å². The molecular formula is C10H15NOSi. The lowest BCUT2D eigenvalue weighted by Gasteiger charge is -2.23. The second-order valence-electron chi connectivity index (χ2n) is 3.62. The Morgan fingerprint density at radius 2 is 2.08 bits per heavy atom. The van der Waals surface area contributed by atoms with Gasteiger partial charge in [-0.3, -0.25) is 4.98 Å². The Hall–Kier alpha value is -0.673. The van der Waals surface area contributed by atoms with Crippen molar-refractivity contribution in [3.8, 4) is 0 Å². The number of hydrogen-bond donors (Lipinski definition) is 0. The van der Waals surface area contributed by atoms with E-state index < -0.39 is 8.32 Å². The van der Waals surface area contributed by atoms with Gasteiger partial charge in [-0.15, -0.1) is 0 Å². The van der Waals surface area contributed by atoms with Crippen LogP contribution in [-0.4, -0.2) is 20.4 Å². The molecule has 70 valence electrons. The first-order chi connectivity index (χ1) is 6.37. The van der Waals surface area contributed by atoms with E-state index in [1.165, 1.54) is 30.2 Å². The third-order valence-corrected chi connectivity index (χ3v) is 7.27. The van der Waals surface area contributed by atoms with Gasteiger partial charge in [-0.2, -0.15) is 0 Å². The van der Waals surface area contributed by atoms with Crippen molar-refractivity contribution in [1.29, 1.82) is 0 Å². The predicted molar refractivity (Wildman–Crippen MR) is 55.5 cm³/mol. The standard InChI is InChI=1S/C10H15NOSi/c1-12-13(8-4-5-9-13)10-6-2-3-7-11-10/h2-3,6-7H,4-5,8-9H2,1H3. The molecular weight excluding hydrogens is 178 g/mol. The van der Waals surface area contributed by atoms with Crippen LogP contribution in [0.4, 0.5) is 0 Å². The minimum Gasteiger partial charge on any atom is -0.414 e. The molecule has 1 aromatic rings. The molecule has 0 aromatic carbocycles. The van der Waals surface area contributed by atoms with Crippen LogP contribution in [0.25, 0.3) is 0 Å². The fourth-order valence-corrected chi connectivity index (χ4v) is 5.87. The van der Waals surface area contributed by atoms with Crippen molar-refractivity contribution in [3.63, 3.8) is 0 Å². The van der Waals surface area contributed by atoms with Crippen LogP contribution in [0.5, 0.6) is 0 Å². The van der Waals surface area contributed by atoms with E-state index in [9.17, 15) is 0 Å². The lowest BCUT2D eigenvalue weighted by Crippen LogP contribution is -2.48. The molecule has 0 bridgehead atoms. The van der Waals surface area contributed by atoms with Gasteiger partial charge in [0.1, 0.15) is 0 Å². The van der Waals surface area contributed by atoms with E-state index in [1.54, 1.807) is 0 Å². The number of aromatic nitrogens is 1. The van der Waals surface area contributed by atoms with Crippen LogP contribution in [-0.2, 0) is 4.43 Å². The van der Waals surface area contributed by atoms with Crippen LogP contribution in [0.15, 0.2) is 24.4 Å². The highest BCUT2D eigenvalue weighted by Crippen LogP contribution is 2.29. The van der Waals surface area contributed by atoms with Crippen molar-refractivity contribution in [2.45, 2.75) is 24.9 Å². The van der Waals surface area contributed by atoms with Crippen molar-refractivity contribution in [1.82, 2.24) is 4.98 Å². The summed E-state index contributed by atoms with van der Waals surface area (Å²) in [7, 11) is 0.260. The number of pyridine rings is 1. The van der Waals surface area contributed by atoms with Crippen LogP contribution < -0.4 is 5.32 Å². The molecule has 13 heavy (non-hydrogen) atoms. The fraction of sp³-hybridized carbons (Fsp3) is 0.500. The summed E-state index contributed by atoms with van der Waals surface area (Å²) < 4.78 is 5.76. The molecule has 1 saturated heterocycles. The van der Waals surface area contributed by atoms with E-state index in [0.717, 1.165) is 0 Å². The molecule has 0 amide bonds. The molecule has 2 nitrogen and oxygen atoms in total. The van der Waals surface area contributed by atoms with Crippen LogP contribution in [0.1, 0.15) is 12.8 Å². The summed E-state index contributed by atoms with van der Waals surface area (Å²) in [6.07, 6.45) is 4.51. The lowest BCUT2D eigenvalue weighted by atomic mass is 10.4. The molecule has 0 unspecified atom stereocenters. The van der Waals surface area contributed by atoms with E-state index in [2.05, 4.69) is 17.1 Å². The first-order valence-electron chi connectivity index (χ1n) is 4.84. The molecule has 2 rings (SSSR count). The average molecular weight is 193 g/mol. The Kier molecular flexibility index (Phi) is 2.46. The summed E-state index contributed by atoms with van der Waals surface area (Å²) in [4.78, 5) is 4.44. The van der Waals surface area contributed by atoms with Crippen LogP contribution in [0.2, 0.25) is 12.1 Å². The molecule has 0 aliphatic carbocycles. The predicted octanol–water partition coefficient (Wildman–Crippen LogP) is 1.67. The minimum atomic E-state index is -1.59. The number of rotatable bonds is 2. The van der Waals surface area contributed by atoms with Gasteiger partial charge in [0.15, 0.2) is 0 Å². The Balaban J connectivity index is 2.31. The van der Waals surface area contributed by atoms with Gasteiger partial charge in [-0.05, 0) is 24.2 Å². The first kappa shape index (κ1) is 8.90. The number of hydrogen-bond acceptors (Lipinski definition) is 2. The normalized spacial score (nSPS) is 20.4. The van der Waals surface area contributed by atoms with Gasteiger partial charge < -0.3 is 4.43 Å². The molecule has 2 heterocycles. The molecule has 0 atom stereocenters. The highest BCUT2D eigenvalue weighted by molar-refractivity contribution is 6.86. The quantitative estimate of drug-likeness (QED) is 0.667. The Bertz CT molecular complexity index is 270. The SMILES string of the molecule is CO[Si]1(c2ccccn2)CCCC1. The fourth-order valence-electron chi connectivity index (χ4n) is 2.14. The summed E-state index contributed by atoms with van der Waals surface area (Å²) in [5.74, 6) is 0. The van der Waals surface area contributed by atoms with Gasteiger partial charge in [0.05, 0.1) is 5.32 Å². The van der Waals surface area contributed by atoms with Crippen LogP contribution in [0.3, 0.4) is 0 Å². The van der Waals surface area contributed by atoms with Crippen molar-refractivity contribution in [3.05, 3.63) is 24.4 Å². The maximum atomic E-state index is 5.76. The molecule has 3 heteroatoms. The highest BCUT2D eigenvalue weighted by Gasteiger charge is 2.40. The second-order valence-corrected chi connectivity index (χ2v) is 7.53. The zero-order chi connectivity index (χ0) is 9.15. The van der Waals surface area contributed by atoms with Crippen LogP contribution in [0, 0.1) is 0 Å². The lowest BCUT2D eigenvalue weighted by molar-refractivity contribution is 0.408. The maximum absolute atomic E-state index is 5.76. The van der Waals surface area contributed by atoms with Crippen molar-refractivity contribution in [2.75, 3.05) is 7.11 Å². The maximum Gasteiger partial charge on any atom is 0.242 e. The monoisotopic (exact) mass is 193 g/mol. The topological polar surface area (TPSA) is 22.1 Å². The first-order valence-corrected chi connectivity index (χ1v) is 7.16. The Labute approximate surface area is 80.1 Å². The zero-order valence-electron chi connectivity index (χ0n) is 7.99. The van der Waals surface area contributed by atoms with Gasteiger partial charge in [0.2, 0.25) is 8.32 Å². The molecule has 0 spiro atoms. The summed E-state index contributed by atoms with van der Waals surface area (Å²) in [5, 5.41) is 1.23. The van der Waals surface area contributed by atoms with E-state index in [-0.39, 0.29) is 0 Å². The molecule has 0 radical (unpaired) electrons. The summed E-state index contributed by atoms with van der Waals surface area (Å²) in [5.41, 5.74) is 0. The summed E-state index contributed by atoms with van der Waals surface area (Å²) >= 11 is 0. The van der Waals surface area contributed by atoms with Gasteiger partial charge in [-0.1, -0.05) is 18.9 Å². The van der Waals surface area contributed by atoms with E-state index in [1.807, 2.05) is 19.4 Å². The van der Waals surface area contributed by atoms with E-state index >= 15 is 0 Å². The van der Waals surface area contributed by atoms with E-state index in [4.69, 9.17) is 4.43 Å². The molecule has 1 aromatic heterocycles. The second kappa shape index (κ2) is 3.60. The third kappa shape index (κ3) is 1.54. The summed E-state index contributed by atoms with van der Waals surface area (Å²) in [6, 6.07) is 8.66. The number of nitrogens with zero attached hydrogens (tertiary/aromatic N) is 1. The molecule has 1 fully saturated rings. The smallest absolute Gasteiger partial charge is 0.242 e. The van der Waals surface area contributed by atoms with Crippen molar-refractivity contribution in [2.24, 2.45) is 0 Å². The third-order valence-electron chi connectivity index (χ3n) is 2.93. The van der Waals surface area contributed by atoms with E-state index in [0.29, 0.717) is 0 Å². The Morgan fingerprint density at radius 1 is 1.31 bits per heavy atom. The van der Waals surface area contributed by atoms with Gasteiger partial charge in [0, 0.05) is 13.3 Å². The van der Waals surface area contributed by atoms with Gasteiger partial charge >= 0.3 is 0 Å². The molecule has 0 N–H and O–H groups in total. The molecule has 0 saturated carbocycles. The van der Waals surface area contributed by atoms with Gasteiger partial charge in [-0.25, -0.2) is 0 Å². The Morgan fingerprint density at radius 3 is 2.62 bits per heavy atom. The summed E-state index contributed by atoms with van der Waals surface area (Å²) in [6.45, 7) is 0.